The summed E-state index contributed by atoms with van der Waals surface area (Å²) >= 11 is 3.45. The molecule has 0 fully saturated rings. The van der Waals surface area contributed by atoms with Crippen LogP contribution < -0.4 is 5.56 Å². The minimum absolute atomic E-state index is 0.132. The summed E-state index contributed by atoms with van der Waals surface area (Å²) in [6, 6.07) is 14.8. The van der Waals surface area contributed by atoms with Gasteiger partial charge in [0.05, 0.1) is 29.3 Å². The van der Waals surface area contributed by atoms with Crippen LogP contribution in [0.1, 0.15) is 5.82 Å². The highest BCUT2D eigenvalue weighted by atomic mass is 79.9. The Labute approximate surface area is 144 Å². The van der Waals surface area contributed by atoms with Gasteiger partial charge in [-0.1, -0.05) is 29.4 Å². The number of halogens is 1. The van der Waals surface area contributed by atoms with Crippen molar-refractivity contribution in [3.8, 4) is 11.5 Å². The van der Waals surface area contributed by atoms with Gasteiger partial charge in [0.15, 0.2) is 5.82 Å². The van der Waals surface area contributed by atoms with Gasteiger partial charge in [0.2, 0.25) is 0 Å². The van der Waals surface area contributed by atoms with Crippen molar-refractivity contribution in [1.29, 1.82) is 0 Å². The molecule has 24 heavy (non-hydrogen) atoms. The standard InChI is InChI=1S/C17H11BrN4O2/c18-13-7-3-1-5-11(13)16-20-15(21-24-16)9-22-10-19-14-8-4-2-6-12(14)17(22)23/h1-8,10H,9H2. The molecule has 0 radical (unpaired) electrons. The molecule has 0 aliphatic heterocycles. The van der Waals surface area contributed by atoms with Crippen molar-refractivity contribution in [1.82, 2.24) is 19.7 Å². The first-order valence-electron chi connectivity index (χ1n) is 7.24. The molecule has 7 heteroatoms. The lowest BCUT2D eigenvalue weighted by atomic mass is 10.2. The van der Waals surface area contributed by atoms with Crippen LogP contribution in [0.25, 0.3) is 22.4 Å². The lowest BCUT2D eigenvalue weighted by Crippen LogP contribution is -2.21. The van der Waals surface area contributed by atoms with E-state index in [1.807, 2.05) is 36.4 Å². The molecule has 0 saturated heterocycles. The van der Waals surface area contributed by atoms with Gasteiger partial charge in [0.1, 0.15) is 0 Å². The number of fused-ring (bicyclic) bond motifs is 1. The molecule has 0 aliphatic carbocycles. The maximum absolute atomic E-state index is 12.5. The smallest absolute Gasteiger partial charge is 0.261 e. The van der Waals surface area contributed by atoms with Gasteiger partial charge in [0.25, 0.3) is 11.4 Å². The van der Waals surface area contributed by atoms with Gasteiger partial charge in [-0.25, -0.2) is 4.98 Å². The Morgan fingerprint density at radius 1 is 1.08 bits per heavy atom. The largest absolute Gasteiger partial charge is 0.334 e. The topological polar surface area (TPSA) is 73.8 Å². The minimum Gasteiger partial charge on any atom is -0.334 e. The van der Waals surface area contributed by atoms with Crippen LogP contribution in [0.3, 0.4) is 0 Å². The summed E-state index contributed by atoms with van der Waals surface area (Å²) in [4.78, 5) is 21.1. The van der Waals surface area contributed by atoms with Crippen molar-refractivity contribution in [2.45, 2.75) is 6.54 Å². The van der Waals surface area contributed by atoms with E-state index < -0.39 is 0 Å². The molecule has 0 aliphatic rings. The van der Waals surface area contributed by atoms with E-state index in [9.17, 15) is 4.79 Å². The van der Waals surface area contributed by atoms with Gasteiger partial charge >= 0.3 is 0 Å². The van der Waals surface area contributed by atoms with E-state index in [0.717, 1.165) is 10.0 Å². The molecule has 0 atom stereocenters. The van der Waals surface area contributed by atoms with Gasteiger partial charge in [-0.3, -0.25) is 9.36 Å². The second-order valence-electron chi connectivity index (χ2n) is 5.19. The molecular formula is C17H11BrN4O2. The number of nitrogens with zero attached hydrogens (tertiary/aromatic N) is 4. The molecule has 0 unspecified atom stereocenters. The van der Waals surface area contributed by atoms with E-state index in [1.165, 1.54) is 10.9 Å². The molecule has 0 saturated carbocycles. The van der Waals surface area contributed by atoms with Gasteiger partial charge in [0, 0.05) is 4.47 Å². The molecule has 0 amide bonds. The molecule has 0 N–H and O–H groups in total. The number of aromatic nitrogens is 4. The van der Waals surface area contributed by atoms with E-state index in [4.69, 9.17) is 4.52 Å². The Morgan fingerprint density at radius 2 is 1.88 bits per heavy atom. The van der Waals surface area contributed by atoms with Crippen molar-refractivity contribution in [3.63, 3.8) is 0 Å². The number of hydrogen-bond acceptors (Lipinski definition) is 5. The fourth-order valence-corrected chi connectivity index (χ4v) is 2.89. The van der Waals surface area contributed by atoms with Crippen LogP contribution in [-0.2, 0) is 6.54 Å². The fraction of sp³-hybridized carbons (Fsp3) is 0.0588. The van der Waals surface area contributed by atoms with Crippen molar-refractivity contribution in [2.24, 2.45) is 0 Å². The third-order valence-electron chi connectivity index (χ3n) is 3.62. The number of para-hydroxylation sites is 1. The first kappa shape index (κ1) is 14.8. The van der Waals surface area contributed by atoms with E-state index in [0.29, 0.717) is 22.6 Å². The zero-order valence-electron chi connectivity index (χ0n) is 12.4. The molecule has 2 heterocycles. The summed E-state index contributed by atoms with van der Waals surface area (Å²) in [6.45, 7) is 0.199. The Balaban J connectivity index is 1.69. The fourth-order valence-electron chi connectivity index (χ4n) is 2.43. The third kappa shape index (κ3) is 2.63. The highest BCUT2D eigenvalue weighted by Crippen LogP contribution is 2.26. The van der Waals surface area contributed by atoms with Crippen LogP contribution in [0.15, 0.2) is 68.6 Å². The van der Waals surface area contributed by atoms with Gasteiger partial charge in [-0.15, -0.1) is 0 Å². The first-order chi connectivity index (χ1) is 11.7. The van der Waals surface area contributed by atoms with Gasteiger partial charge in [-0.2, -0.15) is 4.98 Å². The normalized spacial score (nSPS) is 11.0. The lowest BCUT2D eigenvalue weighted by Gasteiger charge is -2.03. The van der Waals surface area contributed by atoms with Gasteiger partial charge in [-0.05, 0) is 40.2 Å². The molecule has 0 spiro atoms. The van der Waals surface area contributed by atoms with E-state index in [-0.39, 0.29) is 12.1 Å². The zero-order chi connectivity index (χ0) is 16.5. The van der Waals surface area contributed by atoms with Crippen LogP contribution in [0.5, 0.6) is 0 Å². The number of hydrogen-bond donors (Lipinski definition) is 0. The summed E-state index contributed by atoms with van der Waals surface area (Å²) in [5.74, 6) is 0.819. The third-order valence-corrected chi connectivity index (χ3v) is 4.31. The first-order valence-corrected chi connectivity index (χ1v) is 8.03. The number of benzene rings is 2. The van der Waals surface area contributed by atoms with E-state index in [1.54, 1.807) is 12.1 Å². The Hall–Kier alpha value is -2.80. The molecule has 0 bridgehead atoms. The summed E-state index contributed by atoms with van der Waals surface area (Å²) in [5.41, 5.74) is 1.34. The molecule has 4 aromatic rings. The highest BCUT2D eigenvalue weighted by Gasteiger charge is 2.13. The molecular weight excluding hydrogens is 372 g/mol. The predicted molar refractivity (Wildman–Crippen MR) is 92.5 cm³/mol. The van der Waals surface area contributed by atoms with Crippen LogP contribution in [0.4, 0.5) is 0 Å². The lowest BCUT2D eigenvalue weighted by molar-refractivity contribution is 0.420. The van der Waals surface area contributed by atoms with Crippen LogP contribution in [0, 0.1) is 0 Å². The average molecular weight is 383 g/mol. The van der Waals surface area contributed by atoms with Gasteiger partial charge < -0.3 is 4.52 Å². The number of rotatable bonds is 3. The van der Waals surface area contributed by atoms with E-state index in [2.05, 4.69) is 31.1 Å². The quantitative estimate of drug-likeness (QED) is 0.543. The van der Waals surface area contributed by atoms with Crippen molar-refractivity contribution in [3.05, 3.63) is 75.5 Å². The SMILES string of the molecule is O=c1c2ccccc2ncn1Cc1noc(-c2ccccc2Br)n1. The second-order valence-corrected chi connectivity index (χ2v) is 6.04. The molecule has 2 aromatic carbocycles. The van der Waals surface area contributed by atoms with Crippen LogP contribution in [-0.4, -0.2) is 19.7 Å². The summed E-state index contributed by atoms with van der Waals surface area (Å²) in [5, 5.41) is 4.52. The molecule has 118 valence electrons. The Morgan fingerprint density at radius 3 is 2.75 bits per heavy atom. The molecule has 4 rings (SSSR count). The molecule has 2 aromatic heterocycles. The summed E-state index contributed by atoms with van der Waals surface area (Å²) < 4.78 is 7.64. The average Bonchev–Trinajstić information content (AvgIpc) is 3.06. The molecule has 6 nitrogen and oxygen atoms in total. The summed E-state index contributed by atoms with van der Waals surface area (Å²) in [7, 11) is 0. The Bertz CT molecular complexity index is 1090. The van der Waals surface area contributed by atoms with Crippen LogP contribution >= 0.6 is 15.9 Å². The maximum Gasteiger partial charge on any atom is 0.261 e. The van der Waals surface area contributed by atoms with E-state index >= 15 is 0 Å². The predicted octanol–water partition coefficient (Wildman–Crippen LogP) is 3.26. The highest BCUT2D eigenvalue weighted by molar-refractivity contribution is 9.10. The second kappa shape index (κ2) is 6.01. The maximum atomic E-state index is 12.5. The summed E-state index contributed by atoms with van der Waals surface area (Å²) in [6.07, 6.45) is 1.50. The monoisotopic (exact) mass is 382 g/mol. The van der Waals surface area contributed by atoms with Crippen molar-refractivity contribution < 1.29 is 4.52 Å². The minimum atomic E-state index is -0.132. The zero-order valence-corrected chi connectivity index (χ0v) is 14.0. The van der Waals surface area contributed by atoms with Crippen molar-refractivity contribution >= 4 is 26.8 Å². The Kier molecular flexibility index (Phi) is 3.70. The van der Waals surface area contributed by atoms with Crippen LogP contribution in [0.2, 0.25) is 0 Å². The van der Waals surface area contributed by atoms with Crippen molar-refractivity contribution in [2.75, 3.05) is 0 Å².